The lowest BCUT2D eigenvalue weighted by Crippen LogP contribution is -2.02. The Morgan fingerprint density at radius 1 is 1.17 bits per heavy atom. The van der Waals surface area contributed by atoms with Gasteiger partial charge in [-0.2, -0.15) is 5.10 Å². The molecule has 1 aromatic carbocycles. The van der Waals surface area contributed by atoms with Crippen molar-refractivity contribution < 1.29 is 4.74 Å². The molecule has 1 fully saturated rings. The molecule has 0 N–H and O–H groups in total. The molecule has 4 rings (SSSR count). The van der Waals surface area contributed by atoms with Crippen LogP contribution in [-0.4, -0.2) is 38.0 Å². The van der Waals surface area contributed by atoms with Gasteiger partial charge in [-0.15, -0.1) is 5.10 Å². The Morgan fingerprint density at radius 3 is 2.91 bits per heavy atom. The summed E-state index contributed by atoms with van der Waals surface area (Å²) >= 11 is 0. The first-order valence-corrected chi connectivity index (χ1v) is 7.95. The highest BCUT2D eigenvalue weighted by molar-refractivity contribution is 5.30. The first kappa shape index (κ1) is 14.1. The Bertz CT molecular complexity index is 758. The molecule has 1 aliphatic heterocycles. The molecular formula is C17H19N5O. The van der Waals surface area contributed by atoms with E-state index in [-0.39, 0.29) is 0 Å². The van der Waals surface area contributed by atoms with Gasteiger partial charge in [0.15, 0.2) is 0 Å². The number of rotatable bonds is 5. The van der Waals surface area contributed by atoms with E-state index in [1.54, 1.807) is 0 Å². The molecule has 0 bridgehead atoms. The highest BCUT2D eigenvalue weighted by Crippen LogP contribution is 2.22. The maximum absolute atomic E-state index is 5.41. The molecule has 6 nitrogen and oxygen atoms in total. The van der Waals surface area contributed by atoms with Crippen molar-refractivity contribution >= 4 is 0 Å². The third-order valence-electron chi connectivity index (χ3n) is 4.19. The molecule has 0 radical (unpaired) electrons. The van der Waals surface area contributed by atoms with Gasteiger partial charge in [0.1, 0.15) is 0 Å². The first-order valence-electron chi connectivity index (χ1n) is 7.95. The largest absolute Gasteiger partial charge is 0.381 e. The molecule has 1 aliphatic rings. The average Bonchev–Trinajstić information content (AvgIpc) is 3.33. The van der Waals surface area contributed by atoms with Gasteiger partial charge in [-0.1, -0.05) is 23.4 Å². The Labute approximate surface area is 134 Å². The molecule has 3 aromatic rings. The summed E-state index contributed by atoms with van der Waals surface area (Å²) in [6.45, 7) is 2.40. The van der Waals surface area contributed by atoms with Gasteiger partial charge < -0.3 is 4.74 Å². The smallest absolute Gasteiger partial charge is 0.0881 e. The summed E-state index contributed by atoms with van der Waals surface area (Å²) in [5.74, 6) is 0.407. The Kier molecular flexibility index (Phi) is 3.90. The maximum Gasteiger partial charge on any atom is 0.0881 e. The van der Waals surface area contributed by atoms with Crippen molar-refractivity contribution in [3.63, 3.8) is 0 Å². The van der Waals surface area contributed by atoms with Gasteiger partial charge in [0, 0.05) is 31.5 Å². The van der Waals surface area contributed by atoms with Crippen LogP contribution in [0.25, 0.3) is 5.69 Å². The number of ether oxygens (including phenoxy) is 1. The van der Waals surface area contributed by atoms with Crippen LogP contribution in [0.3, 0.4) is 0 Å². The van der Waals surface area contributed by atoms with Crippen molar-refractivity contribution in [1.82, 2.24) is 24.8 Å². The standard InChI is InChI=1S/C17H19N5O/c1-2-4-16(5-3-1)22-11-14(10-18-22)6-8-21-12-17(19-20-21)15-7-9-23-13-15/h1-5,10-12,15H,6-9,13H2. The summed E-state index contributed by atoms with van der Waals surface area (Å²) in [7, 11) is 0. The second kappa shape index (κ2) is 6.34. The minimum atomic E-state index is 0.407. The lowest BCUT2D eigenvalue weighted by molar-refractivity contribution is 0.193. The average molecular weight is 309 g/mol. The molecule has 23 heavy (non-hydrogen) atoms. The van der Waals surface area contributed by atoms with Gasteiger partial charge in [-0.05, 0) is 30.5 Å². The number of hydrogen-bond acceptors (Lipinski definition) is 4. The van der Waals surface area contributed by atoms with E-state index in [1.165, 1.54) is 5.56 Å². The van der Waals surface area contributed by atoms with Crippen molar-refractivity contribution in [2.75, 3.05) is 13.2 Å². The number of nitrogens with zero attached hydrogens (tertiary/aromatic N) is 5. The maximum atomic E-state index is 5.41. The molecule has 1 unspecified atom stereocenters. The fourth-order valence-corrected chi connectivity index (χ4v) is 2.83. The van der Waals surface area contributed by atoms with Gasteiger partial charge in [0.2, 0.25) is 0 Å². The summed E-state index contributed by atoms with van der Waals surface area (Å²) in [6, 6.07) is 10.1. The molecule has 0 amide bonds. The van der Waals surface area contributed by atoms with Crippen molar-refractivity contribution in [1.29, 1.82) is 0 Å². The summed E-state index contributed by atoms with van der Waals surface area (Å²) in [4.78, 5) is 0. The SMILES string of the molecule is c1ccc(-n2cc(CCn3cc(C4CCOC4)nn3)cn2)cc1. The lowest BCUT2D eigenvalue weighted by Gasteiger charge is -2.01. The van der Waals surface area contributed by atoms with Crippen molar-refractivity contribution in [3.8, 4) is 5.69 Å². The Morgan fingerprint density at radius 2 is 2.09 bits per heavy atom. The van der Waals surface area contributed by atoms with Crippen LogP contribution in [0.4, 0.5) is 0 Å². The number of benzene rings is 1. The minimum absolute atomic E-state index is 0.407. The predicted molar refractivity (Wildman–Crippen MR) is 85.5 cm³/mol. The van der Waals surface area contributed by atoms with Crippen LogP contribution in [0.2, 0.25) is 0 Å². The summed E-state index contributed by atoms with van der Waals surface area (Å²) in [6.07, 6.45) is 7.95. The monoisotopic (exact) mass is 309 g/mol. The first-order chi connectivity index (χ1) is 11.4. The van der Waals surface area contributed by atoms with E-state index in [0.29, 0.717) is 5.92 Å². The molecule has 1 atom stereocenters. The third-order valence-corrected chi connectivity index (χ3v) is 4.19. The van der Waals surface area contributed by atoms with Crippen molar-refractivity contribution in [2.45, 2.75) is 25.3 Å². The van der Waals surface area contributed by atoms with E-state index in [9.17, 15) is 0 Å². The van der Waals surface area contributed by atoms with Crippen LogP contribution in [0, 0.1) is 0 Å². The molecule has 118 valence electrons. The lowest BCUT2D eigenvalue weighted by atomic mass is 10.1. The second-order valence-corrected chi connectivity index (χ2v) is 5.85. The second-order valence-electron chi connectivity index (χ2n) is 5.85. The van der Waals surface area contributed by atoms with E-state index in [0.717, 1.165) is 44.0 Å². The normalized spacial score (nSPS) is 17.7. The predicted octanol–water partition coefficient (Wildman–Crippen LogP) is 2.21. The topological polar surface area (TPSA) is 57.8 Å². The number of para-hydroxylation sites is 1. The minimum Gasteiger partial charge on any atom is -0.381 e. The van der Waals surface area contributed by atoms with Gasteiger partial charge in [-0.3, -0.25) is 4.68 Å². The van der Waals surface area contributed by atoms with Gasteiger partial charge in [0.05, 0.1) is 24.2 Å². The van der Waals surface area contributed by atoms with E-state index in [4.69, 9.17) is 4.74 Å². The number of hydrogen-bond donors (Lipinski definition) is 0. The highest BCUT2D eigenvalue weighted by Gasteiger charge is 2.20. The molecule has 0 spiro atoms. The zero-order valence-electron chi connectivity index (χ0n) is 12.9. The summed E-state index contributed by atoms with van der Waals surface area (Å²) in [5, 5.41) is 12.9. The van der Waals surface area contributed by atoms with Crippen LogP contribution >= 0.6 is 0 Å². The van der Waals surface area contributed by atoms with Crippen LogP contribution in [0.1, 0.15) is 23.6 Å². The van der Waals surface area contributed by atoms with Crippen LogP contribution in [-0.2, 0) is 17.7 Å². The quantitative estimate of drug-likeness (QED) is 0.725. The van der Waals surface area contributed by atoms with E-state index >= 15 is 0 Å². The zero-order valence-corrected chi connectivity index (χ0v) is 12.9. The van der Waals surface area contributed by atoms with Crippen LogP contribution in [0.5, 0.6) is 0 Å². The highest BCUT2D eigenvalue weighted by atomic mass is 16.5. The number of aromatic nitrogens is 5. The molecule has 2 aromatic heterocycles. The summed E-state index contributed by atoms with van der Waals surface area (Å²) < 4.78 is 9.22. The van der Waals surface area contributed by atoms with E-state index in [1.807, 2.05) is 52.1 Å². The molecule has 6 heteroatoms. The van der Waals surface area contributed by atoms with E-state index in [2.05, 4.69) is 21.6 Å². The third kappa shape index (κ3) is 3.17. The van der Waals surface area contributed by atoms with Gasteiger partial charge in [-0.25, -0.2) is 4.68 Å². The Hall–Kier alpha value is -2.47. The fraction of sp³-hybridized carbons (Fsp3) is 0.353. The molecule has 3 heterocycles. The fourth-order valence-electron chi connectivity index (χ4n) is 2.83. The molecule has 0 aliphatic carbocycles. The van der Waals surface area contributed by atoms with Crippen molar-refractivity contribution in [2.24, 2.45) is 0 Å². The molecule has 0 saturated carbocycles. The van der Waals surface area contributed by atoms with Crippen molar-refractivity contribution in [3.05, 3.63) is 60.2 Å². The number of aryl methyl sites for hydroxylation is 2. The van der Waals surface area contributed by atoms with Crippen LogP contribution in [0.15, 0.2) is 48.9 Å². The Balaban J connectivity index is 1.39. The molecule has 1 saturated heterocycles. The van der Waals surface area contributed by atoms with E-state index < -0.39 is 0 Å². The van der Waals surface area contributed by atoms with Gasteiger partial charge in [0.25, 0.3) is 0 Å². The zero-order chi connectivity index (χ0) is 15.5. The van der Waals surface area contributed by atoms with Crippen LogP contribution < -0.4 is 0 Å². The molecular weight excluding hydrogens is 290 g/mol. The summed E-state index contributed by atoms with van der Waals surface area (Å²) in [5.41, 5.74) is 3.31. The van der Waals surface area contributed by atoms with Gasteiger partial charge >= 0.3 is 0 Å².